The van der Waals surface area contributed by atoms with Crippen LogP contribution in [0.1, 0.15) is 18.9 Å². The third kappa shape index (κ3) is 2.64. The second-order valence-corrected chi connectivity index (χ2v) is 4.90. The van der Waals surface area contributed by atoms with Gasteiger partial charge in [-0.2, -0.15) is 0 Å². The van der Waals surface area contributed by atoms with Crippen molar-refractivity contribution in [3.63, 3.8) is 0 Å². The molecule has 4 nitrogen and oxygen atoms in total. The molecule has 0 aromatic heterocycles. The lowest BCUT2D eigenvalue weighted by Crippen LogP contribution is -2.27. The third-order valence-corrected chi connectivity index (χ3v) is 3.52. The maximum atomic E-state index is 11.3. The number of aliphatic hydroxyl groups excluding tert-OH is 1. The molecule has 0 fully saturated rings. The Kier molecular flexibility index (Phi) is 3.87. The smallest absolute Gasteiger partial charge is 0.228 e. The molecule has 1 aliphatic heterocycles. The van der Waals surface area contributed by atoms with Crippen LogP contribution in [0.3, 0.4) is 0 Å². The van der Waals surface area contributed by atoms with Crippen LogP contribution in [0.25, 0.3) is 0 Å². The Morgan fingerprint density at radius 1 is 1.50 bits per heavy atom. The van der Waals surface area contributed by atoms with Crippen molar-refractivity contribution in [1.82, 2.24) is 0 Å². The highest BCUT2D eigenvalue weighted by atomic mass is 16.3. The van der Waals surface area contributed by atoms with Crippen LogP contribution in [0.15, 0.2) is 18.2 Å². The van der Waals surface area contributed by atoms with Crippen molar-refractivity contribution >= 4 is 17.3 Å². The minimum atomic E-state index is 0.0617. The Morgan fingerprint density at radius 3 is 2.94 bits per heavy atom. The number of nitrogens with one attached hydrogen (secondary N) is 1. The lowest BCUT2D eigenvalue weighted by Gasteiger charge is -2.24. The number of carbonyl (C=O) groups excluding carboxylic acids is 1. The first-order valence-electron chi connectivity index (χ1n) is 6.38. The zero-order valence-electron chi connectivity index (χ0n) is 10.9. The van der Waals surface area contributed by atoms with E-state index in [1.54, 1.807) is 0 Å². The number of anilines is 2. The van der Waals surface area contributed by atoms with Crippen LogP contribution in [-0.4, -0.2) is 31.2 Å². The first kappa shape index (κ1) is 12.9. The Bertz CT molecular complexity index is 441. The number of hydrogen-bond donors (Lipinski definition) is 2. The molecule has 2 N–H and O–H groups in total. The zero-order chi connectivity index (χ0) is 13.1. The summed E-state index contributed by atoms with van der Waals surface area (Å²) in [5, 5.41) is 12.1. The van der Waals surface area contributed by atoms with Gasteiger partial charge >= 0.3 is 0 Å². The molecule has 18 heavy (non-hydrogen) atoms. The fraction of sp³-hybridized carbons (Fsp3) is 0.500. The summed E-state index contributed by atoms with van der Waals surface area (Å²) < 4.78 is 0. The zero-order valence-corrected chi connectivity index (χ0v) is 10.9. The first-order chi connectivity index (χ1) is 8.63. The molecule has 0 saturated carbocycles. The molecule has 2 rings (SSSR count). The van der Waals surface area contributed by atoms with Crippen LogP contribution >= 0.6 is 0 Å². The van der Waals surface area contributed by atoms with Crippen LogP contribution in [-0.2, 0) is 11.2 Å². The number of nitrogens with zero attached hydrogens (tertiary/aromatic N) is 1. The average molecular weight is 248 g/mol. The molecule has 1 unspecified atom stereocenters. The van der Waals surface area contributed by atoms with E-state index in [0.717, 1.165) is 29.9 Å². The topological polar surface area (TPSA) is 52.6 Å². The standard InChI is InChI=1S/C14H20N2O2/c1-3-10(9-17)8-16(2)12-4-5-13-11(6-12)7-14(18)15-13/h4-6,10,17H,3,7-9H2,1-2H3,(H,15,18). The third-order valence-electron chi connectivity index (χ3n) is 3.52. The molecule has 0 spiro atoms. The molecule has 1 aromatic rings. The average Bonchev–Trinajstić information content (AvgIpc) is 2.74. The summed E-state index contributed by atoms with van der Waals surface area (Å²) in [4.78, 5) is 13.4. The predicted octanol–water partition coefficient (Wildman–Crippen LogP) is 1.64. The highest BCUT2D eigenvalue weighted by molar-refractivity contribution is 5.99. The van der Waals surface area contributed by atoms with Gasteiger partial charge in [-0.1, -0.05) is 6.92 Å². The van der Waals surface area contributed by atoms with Crippen molar-refractivity contribution in [2.45, 2.75) is 19.8 Å². The van der Waals surface area contributed by atoms with Gasteiger partial charge in [-0.15, -0.1) is 0 Å². The van der Waals surface area contributed by atoms with Gasteiger partial charge in [0.25, 0.3) is 0 Å². The normalized spacial score (nSPS) is 15.2. The van der Waals surface area contributed by atoms with Crippen LogP contribution in [0.4, 0.5) is 11.4 Å². The van der Waals surface area contributed by atoms with Crippen molar-refractivity contribution < 1.29 is 9.90 Å². The van der Waals surface area contributed by atoms with Gasteiger partial charge in [0.1, 0.15) is 0 Å². The molecule has 0 bridgehead atoms. The molecule has 0 saturated heterocycles. The lowest BCUT2D eigenvalue weighted by molar-refractivity contribution is -0.115. The molecule has 1 aromatic carbocycles. The maximum absolute atomic E-state index is 11.3. The van der Waals surface area contributed by atoms with Gasteiger partial charge in [0.15, 0.2) is 0 Å². The van der Waals surface area contributed by atoms with E-state index in [-0.39, 0.29) is 12.5 Å². The minimum absolute atomic E-state index is 0.0617. The van der Waals surface area contributed by atoms with Crippen LogP contribution in [0.5, 0.6) is 0 Å². The van der Waals surface area contributed by atoms with E-state index in [4.69, 9.17) is 0 Å². The fourth-order valence-corrected chi connectivity index (χ4v) is 2.26. The summed E-state index contributed by atoms with van der Waals surface area (Å²) in [7, 11) is 2.02. The van der Waals surface area contributed by atoms with E-state index >= 15 is 0 Å². The van der Waals surface area contributed by atoms with Gasteiger partial charge < -0.3 is 15.3 Å². The fourth-order valence-electron chi connectivity index (χ4n) is 2.26. The second-order valence-electron chi connectivity index (χ2n) is 4.90. The minimum Gasteiger partial charge on any atom is -0.396 e. The summed E-state index contributed by atoms with van der Waals surface area (Å²) in [5.41, 5.74) is 3.07. The van der Waals surface area contributed by atoms with Gasteiger partial charge in [-0.3, -0.25) is 4.79 Å². The molecule has 98 valence electrons. The Morgan fingerprint density at radius 2 is 2.28 bits per heavy atom. The van der Waals surface area contributed by atoms with Crippen molar-refractivity contribution in [1.29, 1.82) is 0 Å². The van der Waals surface area contributed by atoms with E-state index in [1.165, 1.54) is 0 Å². The van der Waals surface area contributed by atoms with Gasteiger partial charge in [0.05, 0.1) is 6.42 Å². The molecular weight excluding hydrogens is 228 g/mol. The van der Waals surface area contributed by atoms with Crippen LogP contribution in [0, 0.1) is 5.92 Å². The molecule has 1 heterocycles. The van der Waals surface area contributed by atoms with Crippen LogP contribution in [0.2, 0.25) is 0 Å². The Hall–Kier alpha value is -1.55. The van der Waals surface area contributed by atoms with E-state index < -0.39 is 0 Å². The molecule has 1 aliphatic rings. The number of aliphatic hydroxyl groups is 1. The van der Waals surface area contributed by atoms with E-state index in [2.05, 4.69) is 23.2 Å². The second kappa shape index (κ2) is 5.40. The van der Waals surface area contributed by atoms with Crippen molar-refractivity contribution in [3.05, 3.63) is 23.8 Å². The summed E-state index contributed by atoms with van der Waals surface area (Å²) in [6, 6.07) is 6.01. The number of rotatable bonds is 5. The summed E-state index contributed by atoms with van der Waals surface area (Å²) in [6.45, 7) is 3.12. The van der Waals surface area contributed by atoms with Crippen molar-refractivity contribution in [3.8, 4) is 0 Å². The van der Waals surface area contributed by atoms with Crippen LogP contribution < -0.4 is 10.2 Å². The van der Waals surface area contributed by atoms with Crippen molar-refractivity contribution in [2.24, 2.45) is 5.92 Å². The molecule has 4 heteroatoms. The number of amides is 1. The number of hydrogen-bond acceptors (Lipinski definition) is 3. The largest absolute Gasteiger partial charge is 0.396 e. The number of fused-ring (bicyclic) bond motifs is 1. The van der Waals surface area contributed by atoms with E-state index in [9.17, 15) is 9.90 Å². The quantitative estimate of drug-likeness (QED) is 0.833. The highest BCUT2D eigenvalue weighted by Crippen LogP contribution is 2.27. The molecule has 0 radical (unpaired) electrons. The van der Waals surface area contributed by atoms with Gasteiger partial charge in [-0.25, -0.2) is 0 Å². The Balaban J connectivity index is 2.10. The number of carbonyl (C=O) groups is 1. The summed E-state index contributed by atoms with van der Waals surface area (Å²) >= 11 is 0. The number of benzene rings is 1. The maximum Gasteiger partial charge on any atom is 0.228 e. The molecule has 0 aliphatic carbocycles. The SMILES string of the molecule is CCC(CO)CN(C)c1ccc2c(c1)CC(=O)N2. The summed E-state index contributed by atoms with van der Waals surface area (Å²) in [6.07, 6.45) is 1.43. The Labute approximate surface area is 108 Å². The van der Waals surface area contributed by atoms with Crippen molar-refractivity contribution in [2.75, 3.05) is 30.4 Å². The van der Waals surface area contributed by atoms with E-state index in [1.807, 2.05) is 19.2 Å². The molecule has 1 amide bonds. The molecule has 1 atom stereocenters. The monoisotopic (exact) mass is 248 g/mol. The summed E-state index contributed by atoms with van der Waals surface area (Å²) in [5.74, 6) is 0.356. The van der Waals surface area contributed by atoms with Gasteiger partial charge in [0.2, 0.25) is 5.91 Å². The first-order valence-corrected chi connectivity index (χ1v) is 6.38. The molecular formula is C14H20N2O2. The lowest BCUT2D eigenvalue weighted by atomic mass is 10.1. The van der Waals surface area contributed by atoms with Gasteiger partial charge in [0, 0.05) is 31.6 Å². The highest BCUT2D eigenvalue weighted by Gasteiger charge is 2.18. The predicted molar refractivity (Wildman–Crippen MR) is 72.9 cm³/mol. The van der Waals surface area contributed by atoms with Gasteiger partial charge in [-0.05, 0) is 36.1 Å². The van der Waals surface area contributed by atoms with E-state index in [0.29, 0.717) is 12.3 Å².